The molecule has 7 nitrogen and oxygen atoms in total. The van der Waals surface area contributed by atoms with Crippen molar-refractivity contribution in [3.8, 4) is 0 Å². The molecule has 3 rings (SSSR count). The molecule has 0 atom stereocenters. The standard InChI is InChI=1S/C16H21N7S.HI/c1-11-12(2)24-15(20-11)10-19-16(17-3)18-8-7-14-22-21-13-6-4-5-9-23(13)14;/h4-6,9H,7-8,10H2,1-3H3,(H2,17,18,19);1H. The summed E-state index contributed by atoms with van der Waals surface area (Å²) in [6.45, 7) is 5.52. The topological polar surface area (TPSA) is 79.5 Å². The van der Waals surface area contributed by atoms with Crippen LogP contribution in [0.2, 0.25) is 0 Å². The van der Waals surface area contributed by atoms with Gasteiger partial charge in [0, 0.05) is 31.1 Å². The minimum Gasteiger partial charge on any atom is -0.356 e. The van der Waals surface area contributed by atoms with E-state index in [1.807, 2.05) is 35.7 Å². The molecular weight excluding hydrogens is 449 g/mol. The monoisotopic (exact) mass is 471 g/mol. The molecule has 0 bridgehead atoms. The summed E-state index contributed by atoms with van der Waals surface area (Å²) in [5.74, 6) is 1.69. The molecule has 0 aliphatic carbocycles. The largest absolute Gasteiger partial charge is 0.356 e. The molecule has 3 heterocycles. The first-order chi connectivity index (χ1) is 11.7. The highest BCUT2D eigenvalue weighted by molar-refractivity contribution is 14.0. The molecule has 0 saturated heterocycles. The van der Waals surface area contributed by atoms with Crippen LogP contribution in [0.3, 0.4) is 0 Å². The van der Waals surface area contributed by atoms with Gasteiger partial charge < -0.3 is 10.6 Å². The van der Waals surface area contributed by atoms with Gasteiger partial charge in [-0.1, -0.05) is 6.07 Å². The van der Waals surface area contributed by atoms with Crippen LogP contribution in [0.4, 0.5) is 0 Å². The Kier molecular flexibility index (Phi) is 7.12. The van der Waals surface area contributed by atoms with E-state index in [9.17, 15) is 0 Å². The number of pyridine rings is 1. The predicted octanol–water partition coefficient (Wildman–Crippen LogP) is 2.33. The van der Waals surface area contributed by atoms with Gasteiger partial charge in [-0.2, -0.15) is 0 Å². The van der Waals surface area contributed by atoms with E-state index in [0.29, 0.717) is 6.54 Å². The van der Waals surface area contributed by atoms with Crippen molar-refractivity contribution in [1.82, 2.24) is 30.2 Å². The third kappa shape index (κ3) is 4.88. The summed E-state index contributed by atoms with van der Waals surface area (Å²) in [6, 6.07) is 5.88. The Morgan fingerprint density at radius 1 is 1.24 bits per heavy atom. The first-order valence-electron chi connectivity index (χ1n) is 7.83. The minimum absolute atomic E-state index is 0. The molecular formula is C16H22IN7S. The van der Waals surface area contributed by atoms with Crippen LogP contribution in [-0.4, -0.2) is 39.1 Å². The lowest BCUT2D eigenvalue weighted by molar-refractivity contribution is 0.759. The SMILES string of the molecule is CN=C(NCCc1nnc2ccccn12)NCc1nc(C)c(C)s1.I. The van der Waals surface area contributed by atoms with E-state index in [-0.39, 0.29) is 24.0 Å². The number of aromatic nitrogens is 4. The van der Waals surface area contributed by atoms with Crippen LogP contribution < -0.4 is 10.6 Å². The van der Waals surface area contributed by atoms with Gasteiger partial charge in [-0.15, -0.1) is 45.5 Å². The van der Waals surface area contributed by atoms with Gasteiger partial charge in [-0.3, -0.25) is 9.39 Å². The lowest BCUT2D eigenvalue weighted by Crippen LogP contribution is -2.38. The summed E-state index contributed by atoms with van der Waals surface area (Å²) in [5, 5.41) is 16.0. The summed E-state index contributed by atoms with van der Waals surface area (Å²) in [4.78, 5) is 10.0. The summed E-state index contributed by atoms with van der Waals surface area (Å²) >= 11 is 1.71. The highest BCUT2D eigenvalue weighted by Gasteiger charge is 2.06. The van der Waals surface area contributed by atoms with Crippen LogP contribution in [0, 0.1) is 13.8 Å². The molecule has 0 unspecified atom stereocenters. The second-order valence-electron chi connectivity index (χ2n) is 5.40. The van der Waals surface area contributed by atoms with Crippen LogP contribution in [0.15, 0.2) is 29.4 Å². The molecule has 2 N–H and O–H groups in total. The zero-order valence-electron chi connectivity index (χ0n) is 14.5. The van der Waals surface area contributed by atoms with Crippen molar-refractivity contribution < 1.29 is 0 Å². The van der Waals surface area contributed by atoms with Crippen LogP contribution in [0.5, 0.6) is 0 Å². The summed E-state index contributed by atoms with van der Waals surface area (Å²) < 4.78 is 2.00. The van der Waals surface area contributed by atoms with Crippen molar-refractivity contribution in [1.29, 1.82) is 0 Å². The molecule has 0 aromatic carbocycles. The van der Waals surface area contributed by atoms with E-state index in [4.69, 9.17) is 0 Å². The van der Waals surface area contributed by atoms with Crippen molar-refractivity contribution in [3.05, 3.63) is 45.8 Å². The third-order valence-electron chi connectivity index (χ3n) is 3.73. The highest BCUT2D eigenvalue weighted by atomic mass is 127. The van der Waals surface area contributed by atoms with Gasteiger partial charge in [0.2, 0.25) is 0 Å². The van der Waals surface area contributed by atoms with Gasteiger partial charge in [0.25, 0.3) is 0 Å². The second kappa shape index (κ2) is 9.09. The number of guanidine groups is 1. The van der Waals surface area contributed by atoms with Crippen LogP contribution in [0.1, 0.15) is 21.4 Å². The molecule has 134 valence electrons. The van der Waals surface area contributed by atoms with Crippen molar-refractivity contribution >= 4 is 46.9 Å². The molecule has 0 radical (unpaired) electrons. The molecule has 0 saturated carbocycles. The maximum atomic E-state index is 4.52. The van der Waals surface area contributed by atoms with Gasteiger partial charge in [-0.05, 0) is 26.0 Å². The molecule has 3 aromatic rings. The number of thiazole rings is 1. The van der Waals surface area contributed by atoms with Gasteiger partial charge in [0.1, 0.15) is 10.8 Å². The summed E-state index contributed by atoms with van der Waals surface area (Å²) in [5.41, 5.74) is 1.96. The Morgan fingerprint density at radius 2 is 2.08 bits per heavy atom. The average molecular weight is 471 g/mol. The van der Waals surface area contributed by atoms with Gasteiger partial charge >= 0.3 is 0 Å². The minimum atomic E-state index is 0. The number of rotatable bonds is 5. The number of nitrogens with one attached hydrogen (secondary N) is 2. The number of nitrogens with zero attached hydrogens (tertiary/aromatic N) is 5. The molecule has 0 amide bonds. The quantitative estimate of drug-likeness (QED) is 0.339. The fourth-order valence-corrected chi connectivity index (χ4v) is 3.22. The Morgan fingerprint density at radius 3 is 2.80 bits per heavy atom. The smallest absolute Gasteiger partial charge is 0.191 e. The normalized spacial score (nSPS) is 11.4. The highest BCUT2D eigenvalue weighted by Crippen LogP contribution is 2.15. The first kappa shape index (κ1) is 19.6. The summed E-state index contributed by atoms with van der Waals surface area (Å²) in [6.07, 6.45) is 2.74. The van der Waals surface area contributed by atoms with Gasteiger partial charge in [0.15, 0.2) is 11.6 Å². The average Bonchev–Trinajstić information content (AvgIpc) is 3.14. The Labute approximate surface area is 168 Å². The van der Waals surface area contributed by atoms with Crippen molar-refractivity contribution in [2.45, 2.75) is 26.8 Å². The van der Waals surface area contributed by atoms with E-state index in [2.05, 4.69) is 37.7 Å². The zero-order valence-corrected chi connectivity index (χ0v) is 17.6. The fourth-order valence-electron chi connectivity index (χ4n) is 2.35. The van der Waals surface area contributed by atoms with Gasteiger partial charge in [0.05, 0.1) is 12.2 Å². The maximum absolute atomic E-state index is 4.52. The van der Waals surface area contributed by atoms with E-state index in [1.165, 1.54) is 4.88 Å². The Hall–Kier alpha value is -1.75. The Bertz CT molecular complexity index is 836. The number of fused-ring (bicyclic) bond motifs is 1. The fraction of sp³-hybridized carbons (Fsp3) is 0.375. The number of aliphatic imine (C=N–C) groups is 1. The van der Waals surface area contributed by atoms with Gasteiger partial charge in [-0.25, -0.2) is 4.98 Å². The maximum Gasteiger partial charge on any atom is 0.191 e. The molecule has 0 fully saturated rings. The van der Waals surface area contributed by atoms with Crippen molar-refractivity contribution in [3.63, 3.8) is 0 Å². The number of hydrogen-bond acceptors (Lipinski definition) is 5. The number of hydrogen-bond donors (Lipinski definition) is 2. The third-order valence-corrected chi connectivity index (χ3v) is 4.80. The van der Waals surface area contributed by atoms with Crippen LogP contribution in [0.25, 0.3) is 5.65 Å². The Balaban J connectivity index is 0.00000225. The van der Waals surface area contributed by atoms with E-state index >= 15 is 0 Å². The van der Waals surface area contributed by atoms with Crippen molar-refractivity contribution in [2.24, 2.45) is 4.99 Å². The number of halogens is 1. The first-order valence-corrected chi connectivity index (χ1v) is 8.65. The van der Waals surface area contributed by atoms with Crippen LogP contribution in [-0.2, 0) is 13.0 Å². The van der Waals surface area contributed by atoms with Crippen LogP contribution >= 0.6 is 35.3 Å². The summed E-state index contributed by atoms with van der Waals surface area (Å²) in [7, 11) is 1.76. The molecule has 3 aromatic heterocycles. The molecule has 9 heteroatoms. The predicted molar refractivity (Wildman–Crippen MR) is 112 cm³/mol. The zero-order chi connectivity index (χ0) is 16.9. The van der Waals surface area contributed by atoms with E-state index < -0.39 is 0 Å². The number of aryl methyl sites for hydroxylation is 2. The van der Waals surface area contributed by atoms with Crippen molar-refractivity contribution in [2.75, 3.05) is 13.6 Å². The van der Waals surface area contributed by atoms with E-state index in [0.717, 1.165) is 41.1 Å². The van der Waals surface area contributed by atoms with E-state index in [1.54, 1.807) is 18.4 Å². The molecule has 25 heavy (non-hydrogen) atoms. The lowest BCUT2D eigenvalue weighted by atomic mass is 10.4. The molecule has 0 aliphatic rings. The molecule has 0 spiro atoms. The molecule has 0 aliphatic heterocycles. The lowest BCUT2D eigenvalue weighted by Gasteiger charge is -2.10. The second-order valence-corrected chi connectivity index (χ2v) is 6.68.